The number of nitrogens with one attached hydrogen (secondary N) is 1. The van der Waals surface area contributed by atoms with Crippen LogP contribution in [0.2, 0.25) is 5.02 Å². The molecule has 0 fully saturated rings. The smallest absolute Gasteiger partial charge is 0.146 e. The second-order valence-corrected chi connectivity index (χ2v) is 4.92. The average Bonchev–Trinajstić information content (AvgIpc) is 2.42. The first kappa shape index (κ1) is 13.9. The average molecular weight is 278 g/mol. The van der Waals surface area contributed by atoms with Gasteiger partial charge in [-0.1, -0.05) is 49.2 Å². The Morgan fingerprint density at radius 1 is 1.11 bits per heavy atom. The third kappa shape index (κ3) is 3.71. The molecule has 0 aromatic heterocycles. The standard InChI is InChI=1S/C16H17ClFN/c1-2-4-12-7-9-14(10-8-12)19-11-13-5-3-6-15(17)16(13)18/h3,5-10,19H,2,4,11H2,1H3. The van der Waals surface area contributed by atoms with E-state index in [0.29, 0.717) is 12.1 Å². The first-order valence-corrected chi connectivity index (χ1v) is 6.84. The summed E-state index contributed by atoms with van der Waals surface area (Å²) < 4.78 is 13.7. The first-order valence-electron chi connectivity index (χ1n) is 6.46. The van der Waals surface area contributed by atoms with Crippen LogP contribution in [0.3, 0.4) is 0 Å². The summed E-state index contributed by atoms with van der Waals surface area (Å²) in [5.74, 6) is -0.348. The summed E-state index contributed by atoms with van der Waals surface area (Å²) in [6.45, 7) is 2.59. The van der Waals surface area contributed by atoms with Crippen LogP contribution in [0.1, 0.15) is 24.5 Å². The van der Waals surface area contributed by atoms with Crippen LogP contribution in [0.4, 0.5) is 10.1 Å². The number of rotatable bonds is 5. The van der Waals surface area contributed by atoms with E-state index in [9.17, 15) is 4.39 Å². The quantitative estimate of drug-likeness (QED) is 0.807. The van der Waals surface area contributed by atoms with E-state index in [2.05, 4.69) is 24.4 Å². The molecule has 0 aliphatic heterocycles. The van der Waals surface area contributed by atoms with E-state index in [0.717, 1.165) is 18.5 Å². The molecular weight excluding hydrogens is 261 g/mol. The molecular formula is C16H17ClFN. The van der Waals surface area contributed by atoms with Crippen LogP contribution < -0.4 is 5.32 Å². The molecule has 0 atom stereocenters. The zero-order valence-corrected chi connectivity index (χ0v) is 11.7. The van der Waals surface area contributed by atoms with Crippen molar-refractivity contribution in [3.63, 3.8) is 0 Å². The van der Waals surface area contributed by atoms with E-state index >= 15 is 0 Å². The van der Waals surface area contributed by atoms with Crippen molar-refractivity contribution < 1.29 is 4.39 Å². The summed E-state index contributed by atoms with van der Waals surface area (Å²) in [4.78, 5) is 0. The van der Waals surface area contributed by atoms with Gasteiger partial charge in [-0.05, 0) is 30.2 Å². The largest absolute Gasteiger partial charge is 0.381 e. The van der Waals surface area contributed by atoms with Gasteiger partial charge in [0.1, 0.15) is 5.82 Å². The molecule has 0 heterocycles. The topological polar surface area (TPSA) is 12.0 Å². The molecule has 0 aliphatic rings. The summed E-state index contributed by atoms with van der Waals surface area (Å²) in [6, 6.07) is 13.3. The van der Waals surface area contributed by atoms with Gasteiger partial charge >= 0.3 is 0 Å². The van der Waals surface area contributed by atoms with Crippen molar-refractivity contribution in [2.75, 3.05) is 5.32 Å². The fourth-order valence-corrected chi connectivity index (χ4v) is 2.15. The third-order valence-corrected chi connectivity index (χ3v) is 3.30. The molecule has 0 saturated heterocycles. The number of hydrogen-bond acceptors (Lipinski definition) is 1. The molecule has 3 heteroatoms. The molecule has 0 spiro atoms. The van der Waals surface area contributed by atoms with Crippen LogP contribution in [0.25, 0.3) is 0 Å². The first-order chi connectivity index (χ1) is 9.20. The van der Waals surface area contributed by atoms with E-state index in [4.69, 9.17) is 11.6 Å². The van der Waals surface area contributed by atoms with E-state index in [-0.39, 0.29) is 10.8 Å². The SMILES string of the molecule is CCCc1ccc(NCc2cccc(Cl)c2F)cc1. The van der Waals surface area contributed by atoms with E-state index in [1.165, 1.54) is 5.56 Å². The van der Waals surface area contributed by atoms with Gasteiger partial charge in [0.15, 0.2) is 0 Å². The van der Waals surface area contributed by atoms with Crippen molar-refractivity contribution in [1.82, 2.24) is 0 Å². The molecule has 1 N–H and O–H groups in total. The Labute approximate surface area is 118 Å². The maximum atomic E-state index is 13.7. The molecule has 2 rings (SSSR count). The normalized spacial score (nSPS) is 10.5. The Morgan fingerprint density at radius 3 is 2.53 bits per heavy atom. The second-order valence-electron chi connectivity index (χ2n) is 4.51. The minimum Gasteiger partial charge on any atom is -0.381 e. The number of aryl methyl sites for hydroxylation is 1. The number of benzene rings is 2. The maximum absolute atomic E-state index is 13.7. The molecule has 19 heavy (non-hydrogen) atoms. The van der Waals surface area contributed by atoms with Crippen molar-refractivity contribution >= 4 is 17.3 Å². The van der Waals surface area contributed by atoms with E-state index < -0.39 is 0 Å². The summed E-state index contributed by atoms with van der Waals surface area (Å²) in [6.07, 6.45) is 2.23. The Bertz CT molecular complexity index is 537. The molecule has 0 unspecified atom stereocenters. The van der Waals surface area contributed by atoms with Gasteiger partial charge in [0.2, 0.25) is 0 Å². The lowest BCUT2D eigenvalue weighted by Gasteiger charge is -2.09. The number of halogens is 2. The zero-order valence-electron chi connectivity index (χ0n) is 10.9. The van der Waals surface area contributed by atoms with Gasteiger partial charge in [0, 0.05) is 17.8 Å². The lowest BCUT2D eigenvalue weighted by atomic mass is 10.1. The van der Waals surface area contributed by atoms with Crippen LogP contribution in [0.5, 0.6) is 0 Å². The Morgan fingerprint density at radius 2 is 1.84 bits per heavy atom. The zero-order chi connectivity index (χ0) is 13.7. The van der Waals surface area contributed by atoms with Crippen molar-refractivity contribution in [3.8, 4) is 0 Å². The predicted octanol–water partition coefficient (Wildman–Crippen LogP) is 5.04. The summed E-state index contributed by atoms with van der Waals surface area (Å²) in [7, 11) is 0. The highest BCUT2D eigenvalue weighted by Crippen LogP contribution is 2.19. The van der Waals surface area contributed by atoms with Crippen molar-refractivity contribution in [2.24, 2.45) is 0 Å². The number of anilines is 1. The highest BCUT2D eigenvalue weighted by molar-refractivity contribution is 6.30. The summed E-state index contributed by atoms with van der Waals surface area (Å²) >= 11 is 5.75. The van der Waals surface area contributed by atoms with Gasteiger partial charge < -0.3 is 5.32 Å². The van der Waals surface area contributed by atoms with Crippen molar-refractivity contribution in [2.45, 2.75) is 26.3 Å². The predicted molar refractivity (Wildman–Crippen MR) is 79.2 cm³/mol. The van der Waals surface area contributed by atoms with Crippen molar-refractivity contribution in [3.05, 3.63) is 64.4 Å². The van der Waals surface area contributed by atoms with E-state index in [1.54, 1.807) is 18.2 Å². The molecule has 0 radical (unpaired) electrons. The molecule has 100 valence electrons. The summed E-state index contributed by atoms with van der Waals surface area (Å²) in [5, 5.41) is 3.36. The van der Waals surface area contributed by atoms with Gasteiger partial charge in [0.05, 0.1) is 5.02 Å². The lowest BCUT2D eigenvalue weighted by molar-refractivity contribution is 0.613. The lowest BCUT2D eigenvalue weighted by Crippen LogP contribution is -2.02. The summed E-state index contributed by atoms with van der Waals surface area (Å²) in [5.41, 5.74) is 2.88. The van der Waals surface area contributed by atoms with Gasteiger partial charge in [-0.15, -0.1) is 0 Å². The Hall–Kier alpha value is -1.54. The van der Waals surface area contributed by atoms with Gasteiger partial charge in [-0.25, -0.2) is 4.39 Å². The van der Waals surface area contributed by atoms with Crippen LogP contribution in [0, 0.1) is 5.82 Å². The van der Waals surface area contributed by atoms with Crippen LogP contribution in [0.15, 0.2) is 42.5 Å². The van der Waals surface area contributed by atoms with Crippen LogP contribution in [-0.2, 0) is 13.0 Å². The third-order valence-electron chi connectivity index (χ3n) is 3.01. The highest BCUT2D eigenvalue weighted by Gasteiger charge is 2.05. The Kier molecular flexibility index (Phi) is 4.80. The van der Waals surface area contributed by atoms with Crippen LogP contribution >= 0.6 is 11.6 Å². The molecule has 0 bridgehead atoms. The van der Waals surface area contributed by atoms with E-state index in [1.807, 2.05) is 12.1 Å². The molecule has 0 amide bonds. The fraction of sp³-hybridized carbons (Fsp3) is 0.250. The minimum absolute atomic E-state index is 0.164. The maximum Gasteiger partial charge on any atom is 0.146 e. The highest BCUT2D eigenvalue weighted by atomic mass is 35.5. The Balaban J connectivity index is 2.00. The van der Waals surface area contributed by atoms with Gasteiger partial charge in [0.25, 0.3) is 0 Å². The minimum atomic E-state index is -0.348. The fourth-order valence-electron chi connectivity index (χ4n) is 1.96. The molecule has 1 nitrogen and oxygen atoms in total. The van der Waals surface area contributed by atoms with Gasteiger partial charge in [-0.2, -0.15) is 0 Å². The molecule has 2 aromatic carbocycles. The molecule has 2 aromatic rings. The van der Waals surface area contributed by atoms with Crippen molar-refractivity contribution in [1.29, 1.82) is 0 Å². The number of hydrogen-bond donors (Lipinski definition) is 1. The van der Waals surface area contributed by atoms with Gasteiger partial charge in [-0.3, -0.25) is 0 Å². The van der Waals surface area contributed by atoms with Crippen LogP contribution in [-0.4, -0.2) is 0 Å². The molecule has 0 aliphatic carbocycles. The monoisotopic (exact) mass is 277 g/mol. The molecule has 0 saturated carbocycles. The second kappa shape index (κ2) is 6.58.